The van der Waals surface area contributed by atoms with E-state index in [4.69, 9.17) is 9.47 Å². The second-order valence-electron chi connectivity index (χ2n) is 14.8. The number of aliphatic hydroxyl groups is 1. The maximum Gasteiger partial charge on any atom is 0.166 e. The molecule has 5 heterocycles. The van der Waals surface area contributed by atoms with Crippen LogP contribution in [0.25, 0.3) is 0 Å². The van der Waals surface area contributed by atoms with Crippen molar-refractivity contribution >= 4 is 5.78 Å². The van der Waals surface area contributed by atoms with Crippen LogP contribution in [-0.2, 0) is 14.3 Å². The zero-order valence-electron chi connectivity index (χ0n) is 22.6. The van der Waals surface area contributed by atoms with Crippen molar-refractivity contribution in [3.8, 4) is 0 Å². The lowest BCUT2D eigenvalue weighted by atomic mass is 9.42. The summed E-state index contributed by atoms with van der Waals surface area (Å²) in [6.45, 7) is 13.2. The van der Waals surface area contributed by atoms with Crippen LogP contribution in [0.4, 0.5) is 0 Å². The first-order chi connectivity index (χ1) is 16.5. The van der Waals surface area contributed by atoms with Crippen molar-refractivity contribution in [2.45, 2.75) is 128 Å². The van der Waals surface area contributed by atoms with Gasteiger partial charge in [-0.05, 0) is 93.3 Å². The number of ketones is 1. The fraction of sp³-hybridized carbons (Fsp3) is 0.967. The number of carbonyl (C=O) groups excluding carboxylic acids is 1. The lowest BCUT2D eigenvalue weighted by Gasteiger charge is -2.67. The third kappa shape index (κ3) is 2.58. The number of Topliss-reactive ketones (excluding diaryl/α,β-unsaturated/α-hetero) is 1. The molecule has 1 unspecified atom stereocenters. The highest BCUT2D eigenvalue weighted by molar-refractivity contribution is 5.85. The number of nitrogens with zero attached hydrogens (tertiary/aromatic N) is 1. The molecular weight excluding hydrogens is 438 g/mol. The Morgan fingerprint density at radius 3 is 2.69 bits per heavy atom. The Morgan fingerprint density at radius 1 is 1.11 bits per heavy atom. The molecule has 5 heteroatoms. The Bertz CT molecular complexity index is 937. The van der Waals surface area contributed by atoms with E-state index in [-0.39, 0.29) is 28.6 Å². The van der Waals surface area contributed by atoms with E-state index in [0.717, 1.165) is 32.1 Å². The van der Waals surface area contributed by atoms with Crippen molar-refractivity contribution in [1.82, 2.24) is 4.90 Å². The molecule has 5 aliphatic heterocycles. The Labute approximate surface area is 211 Å². The second kappa shape index (κ2) is 7.12. The quantitative estimate of drug-likeness (QED) is 0.598. The molecule has 0 amide bonds. The van der Waals surface area contributed by atoms with Crippen LogP contribution in [0.3, 0.4) is 0 Å². The molecule has 35 heavy (non-hydrogen) atoms. The molecule has 7 rings (SSSR count). The Kier molecular flexibility index (Phi) is 4.81. The molecule has 12 atom stereocenters. The first-order valence-electron chi connectivity index (χ1n) is 14.8. The van der Waals surface area contributed by atoms with Crippen molar-refractivity contribution in [2.24, 2.45) is 39.9 Å². The number of fused-ring (bicyclic) bond motifs is 4. The third-order valence-electron chi connectivity index (χ3n) is 13.5. The summed E-state index contributed by atoms with van der Waals surface area (Å²) >= 11 is 0. The molecule has 2 saturated carbocycles. The summed E-state index contributed by atoms with van der Waals surface area (Å²) in [6.07, 6.45) is 10.4. The molecule has 2 aliphatic carbocycles. The molecule has 1 spiro atoms. The Balaban J connectivity index is 1.27. The van der Waals surface area contributed by atoms with E-state index in [1.807, 2.05) is 6.92 Å². The molecule has 0 radical (unpaired) electrons. The molecule has 0 aromatic heterocycles. The molecule has 0 aromatic rings. The minimum atomic E-state index is -0.529. The highest BCUT2D eigenvalue weighted by Crippen LogP contribution is 2.79. The van der Waals surface area contributed by atoms with Gasteiger partial charge in [0.05, 0.1) is 29.8 Å². The lowest BCUT2D eigenvalue weighted by Crippen LogP contribution is -2.70. The van der Waals surface area contributed by atoms with E-state index < -0.39 is 11.2 Å². The fourth-order valence-electron chi connectivity index (χ4n) is 11.6. The average Bonchev–Trinajstić information content (AvgIpc) is 3.44. The van der Waals surface area contributed by atoms with Gasteiger partial charge in [-0.25, -0.2) is 0 Å². The van der Waals surface area contributed by atoms with Crippen LogP contribution in [0.2, 0.25) is 0 Å². The molecule has 7 fully saturated rings. The summed E-state index contributed by atoms with van der Waals surface area (Å²) in [7, 11) is 0. The van der Waals surface area contributed by atoms with Gasteiger partial charge in [-0.2, -0.15) is 0 Å². The van der Waals surface area contributed by atoms with Crippen LogP contribution in [0.15, 0.2) is 0 Å². The van der Waals surface area contributed by atoms with Gasteiger partial charge in [-0.1, -0.05) is 27.2 Å². The van der Waals surface area contributed by atoms with Crippen LogP contribution in [0, 0.1) is 39.9 Å². The number of carbonyl (C=O) groups is 1. The van der Waals surface area contributed by atoms with Crippen molar-refractivity contribution in [3.05, 3.63) is 0 Å². The molecule has 1 N–H and O–H groups in total. The first-order valence-corrected chi connectivity index (χ1v) is 14.8. The zero-order valence-corrected chi connectivity index (χ0v) is 22.6. The normalized spacial score (nSPS) is 59.8. The molecule has 5 saturated heterocycles. The topological polar surface area (TPSA) is 59.0 Å². The molecular formula is C30H47NO4. The number of aliphatic hydroxyl groups excluding tert-OH is 1. The van der Waals surface area contributed by atoms with Crippen molar-refractivity contribution in [1.29, 1.82) is 0 Å². The standard InChI is InChI=1S/C30H47NO4/c1-18(2)20-8-12-27(4)19-15-23(33)30-11-6-7-21(30)29(27,25(20)31(30)16-19)14-9-22(32)26(3)17-34-28(5)13-10-24(26)35-28/h18-21,23-25,33H,6-17H2,1-5H3/t19-,20-,21+,23-,24-,25+,26+,27+,28+,29+,30+/m1/s1. The van der Waals surface area contributed by atoms with Gasteiger partial charge in [0.2, 0.25) is 0 Å². The van der Waals surface area contributed by atoms with Gasteiger partial charge in [-0.15, -0.1) is 0 Å². The van der Waals surface area contributed by atoms with Crippen LogP contribution >= 0.6 is 0 Å². The van der Waals surface area contributed by atoms with Crippen molar-refractivity contribution in [2.75, 3.05) is 13.2 Å². The van der Waals surface area contributed by atoms with Gasteiger partial charge < -0.3 is 14.6 Å². The summed E-state index contributed by atoms with van der Waals surface area (Å²) in [5.41, 5.74) is -0.198. The van der Waals surface area contributed by atoms with E-state index in [2.05, 4.69) is 32.6 Å². The Morgan fingerprint density at radius 2 is 1.91 bits per heavy atom. The van der Waals surface area contributed by atoms with Crippen molar-refractivity contribution in [3.63, 3.8) is 0 Å². The SMILES string of the molecule is CC(C)[C@H]1CC[C@@]2(C)[C@@H]3C[C@@H](O)[C@]45CCC[C@H]4[C@@]2(CCC(=O)[C@]2(C)CO[C@]4(C)CC[C@H]2O4)[C@H]1N5C3. The predicted octanol–water partition coefficient (Wildman–Crippen LogP) is 4.94. The number of piperidine rings is 2. The van der Waals surface area contributed by atoms with E-state index in [0.29, 0.717) is 48.5 Å². The van der Waals surface area contributed by atoms with E-state index in [1.54, 1.807) is 0 Å². The minimum Gasteiger partial charge on any atom is -0.391 e. The van der Waals surface area contributed by atoms with E-state index in [9.17, 15) is 9.90 Å². The number of hydrogen-bond acceptors (Lipinski definition) is 5. The number of rotatable bonds is 5. The van der Waals surface area contributed by atoms with Gasteiger partial charge in [0, 0.05) is 25.4 Å². The molecule has 5 nitrogen and oxygen atoms in total. The molecule has 0 aromatic carbocycles. The van der Waals surface area contributed by atoms with Gasteiger partial charge >= 0.3 is 0 Å². The Hall–Kier alpha value is -0.490. The molecule has 7 aliphatic rings. The third-order valence-corrected chi connectivity index (χ3v) is 13.5. The summed E-state index contributed by atoms with van der Waals surface area (Å²) in [5, 5.41) is 11.7. The highest BCUT2D eigenvalue weighted by Gasteiger charge is 2.81. The van der Waals surface area contributed by atoms with Gasteiger partial charge in [0.15, 0.2) is 5.79 Å². The van der Waals surface area contributed by atoms with Crippen LogP contribution in [0.1, 0.15) is 98.8 Å². The summed E-state index contributed by atoms with van der Waals surface area (Å²) in [5.74, 6) is 2.26. The predicted molar refractivity (Wildman–Crippen MR) is 134 cm³/mol. The van der Waals surface area contributed by atoms with Crippen LogP contribution < -0.4 is 0 Å². The number of ether oxygens (including phenoxy) is 2. The molecule has 7 bridgehead atoms. The fourth-order valence-corrected chi connectivity index (χ4v) is 11.6. The van der Waals surface area contributed by atoms with Crippen LogP contribution in [0.5, 0.6) is 0 Å². The zero-order chi connectivity index (χ0) is 24.6. The van der Waals surface area contributed by atoms with Gasteiger partial charge in [0.1, 0.15) is 5.78 Å². The average molecular weight is 486 g/mol. The maximum absolute atomic E-state index is 14.1. The minimum absolute atomic E-state index is 0.00740. The van der Waals surface area contributed by atoms with E-state index >= 15 is 0 Å². The smallest absolute Gasteiger partial charge is 0.166 e. The largest absolute Gasteiger partial charge is 0.391 e. The summed E-state index contributed by atoms with van der Waals surface area (Å²) in [4.78, 5) is 16.9. The monoisotopic (exact) mass is 485 g/mol. The van der Waals surface area contributed by atoms with Crippen LogP contribution in [-0.4, -0.2) is 58.5 Å². The van der Waals surface area contributed by atoms with Crippen molar-refractivity contribution < 1.29 is 19.4 Å². The second-order valence-corrected chi connectivity index (χ2v) is 14.8. The summed E-state index contributed by atoms with van der Waals surface area (Å²) in [6, 6.07) is 0.520. The summed E-state index contributed by atoms with van der Waals surface area (Å²) < 4.78 is 12.4. The molecule has 196 valence electrons. The lowest BCUT2D eigenvalue weighted by molar-refractivity contribution is -0.282. The highest BCUT2D eigenvalue weighted by atomic mass is 16.7. The van der Waals surface area contributed by atoms with E-state index in [1.165, 1.54) is 32.2 Å². The maximum atomic E-state index is 14.1. The first kappa shape index (κ1) is 23.6. The van der Waals surface area contributed by atoms with Gasteiger partial charge in [0.25, 0.3) is 0 Å². The van der Waals surface area contributed by atoms with Gasteiger partial charge in [-0.3, -0.25) is 9.69 Å². The number of hydrogen-bond donors (Lipinski definition) is 1.